The van der Waals surface area contributed by atoms with Gasteiger partial charge < -0.3 is 10.4 Å². The van der Waals surface area contributed by atoms with E-state index in [-0.39, 0.29) is 6.42 Å². The van der Waals surface area contributed by atoms with Crippen molar-refractivity contribution in [3.8, 4) is 0 Å². The van der Waals surface area contributed by atoms with Crippen LogP contribution >= 0.6 is 0 Å². The summed E-state index contributed by atoms with van der Waals surface area (Å²) in [6.07, 6.45) is 6.60. The summed E-state index contributed by atoms with van der Waals surface area (Å²) in [7, 11) is 0. The van der Waals surface area contributed by atoms with Gasteiger partial charge in [0.05, 0.1) is 0 Å². The van der Waals surface area contributed by atoms with Crippen LogP contribution < -0.4 is 5.32 Å². The number of carbonyl (C=O) groups is 1. The summed E-state index contributed by atoms with van der Waals surface area (Å²) in [5, 5.41) is 11.9. The zero-order chi connectivity index (χ0) is 12.5. The molecule has 0 aliphatic rings. The van der Waals surface area contributed by atoms with Gasteiger partial charge in [-0.15, -0.1) is 0 Å². The highest BCUT2D eigenvalue weighted by Gasteiger charge is 2.03. The SMILES string of the molecule is C[C@H](NCCCCCC(=O)O)c1ccncc1. The van der Waals surface area contributed by atoms with Crippen molar-refractivity contribution >= 4 is 5.97 Å². The van der Waals surface area contributed by atoms with Crippen LogP contribution in [0.2, 0.25) is 0 Å². The molecule has 0 aliphatic carbocycles. The Bertz CT molecular complexity index is 327. The van der Waals surface area contributed by atoms with Gasteiger partial charge in [0.25, 0.3) is 0 Å². The predicted octanol–water partition coefficient (Wildman–Crippen LogP) is 2.38. The van der Waals surface area contributed by atoms with E-state index in [2.05, 4.69) is 17.2 Å². The number of rotatable bonds is 8. The first kappa shape index (κ1) is 13.6. The molecule has 94 valence electrons. The first-order valence-electron chi connectivity index (χ1n) is 6.05. The van der Waals surface area contributed by atoms with Crippen molar-refractivity contribution in [1.82, 2.24) is 10.3 Å². The average Bonchev–Trinajstić information content (AvgIpc) is 2.34. The Labute approximate surface area is 102 Å². The summed E-state index contributed by atoms with van der Waals surface area (Å²) in [5.74, 6) is -0.705. The predicted molar refractivity (Wildman–Crippen MR) is 66.8 cm³/mol. The van der Waals surface area contributed by atoms with Gasteiger partial charge in [-0.1, -0.05) is 6.42 Å². The molecular weight excluding hydrogens is 216 g/mol. The zero-order valence-electron chi connectivity index (χ0n) is 10.2. The topological polar surface area (TPSA) is 62.2 Å². The first-order valence-corrected chi connectivity index (χ1v) is 6.05. The van der Waals surface area contributed by atoms with Crippen molar-refractivity contribution in [2.24, 2.45) is 0 Å². The minimum Gasteiger partial charge on any atom is -0.481 e. The van der Waals surface area contributed by atoms with E-state index in [1.165, 1.54) is 5.56 Å². The number of carboxylic acids is 1. The third-order valence-corrected chi connectivity index (χ3v) is 2.72. The van der Waals surface area contributed by atoms with Gasteiger partial charge in [-0.05, 0) is 44.0 Å². The molecule has 17 heavy (non-hydrogen) atoms. The fourth-order valence-electron chi connectivity index (χ4n) is 1.67. The molecule has 0 saturated heterocycles. The number of nitrogens with zero attached hydrogens (tertiary/aromatic N) is 1. The molecule has 0 bridgehead atoms. The second kappa shape index (κ2) is 7.79. The standard InChI is InChI=1S/C13H20N2O2/c1-11(12-6-9-14-10-7-12)15-8-4-2-3-5-13(16)17/h6-7,9-11,15H,2-5,8H2,1H3,(H,16,17)/t11-/m0/s1. The number of unbranched alkanes of at least 4 members (excludes halogenated alkanes) is 2. The van der Waals surface area contributed by atoms with Gasteiger partial charge in [0, 0.05) is 24.9 Å². The monoisotopic (exact) mass is 236 g/mol. The highest BCUT2D eigenvalue weighted by molar-refractivity contribution is 5.66. The van der Waals surface area contributed by atoms with E-state index in [1.807, 2.05) is 12.1 Å². The second-order valence-corrected chi connectivity index (χ2v) is 4.16. The van der Waals surface area contributed by atoms with Crippen LogP contribution in [0, 0.1) is 0 Å². The summed E-state index contributed by atoms with van der Waals surface area (Å²) in [5.41, 5.74) is 1.23. The minimum atomic E-state index is -0.705. The molecule has 0 amide bonds. The number of nitrogens with one attached hydrogen (secondary N) is 1. The molecule has 1 aromatic heterocycles. The van der Waals surface area contributed by atoms with Gasteiger partial charge in [-0.3, -0.25) is 9.78 Å². The van der Waals surface area contributed by atoms with Gasteiger partial charge in [0.2, 0.25) is 0 Å². The molecule has 2 N–H and O–H groups in total. The second-order valence-electron chi connectivity index (χ2n) is 4.16. The number of hydrogen-bond donors (Lipinski definition) is 2. The van der Waals surface area contributed by atoms with Crippen LogP contribution in [-0.2, 0) is 4.79 Å². The summed E-state index contributed by atoms with van der Waals surface area (Å²) in [6.45, 7) is 3.04. The molecule has 1 rings (SSSR count). The van der Waals surface area contributed by atoms with Gasteiger partial charge in [0.1, 0.15) is 0 Å². The molecule has 4 nitrogen and oxygen atoms in total. The molecule has 0 aliphatic heterocycles. The Morgan fingerprint density at radius 1 is 1.35 bits per heavy atom. The van der Waals surface area contributed by atoms with E-state index in [4.69, 9.17) is 5.11 Å². The van der Waals surface area contributed by atoms with Gasteiger partial charge >= 0.3 is 5.97 Å². The smallest absolute Gasteiger partial charge is 0.303 e. The molecule has 0 unspecified atom stereocenters. The van der Waals surface area contributed by atoms with Gasteiger partial charge in [0.15, 0.2) is 0 Å². The van der Waals surface area contributed by atoms with E-state index in [0.29, 0.717) is 6.04 Å². The van der Waals surface area contributed by atoms with Crippen molar-refractivity contribution < 1.29 is 9.90 Å². The summed E-state index contributed by atoms with van der Waals surface area (Å²) in [4.78, 5) is 14.3. The molecule has 1 aromatic rings. The Kier molecular flexibility index (Phi) is 6.25. The van der Waals surface area contributed by atoms with Crippen LogP contribution in [0.25, 0.3) is 0 Å². The summed E-state index contributed by atoms with van der Waals surface area (Å²) in [6, 6.07) is 4.32. The summed E-state index contributed by atoms with van der Waals surface area (Å²) < 4.78 is 0. The fourth-order valence-corrected chi connectivity index (χ4v) is 1.67. The van der Waals surface area contributed by atoms with E-state index < -0.39 is 5.97 Å². The maximum absolute atomic E-state index is 10.3. The van der Waals surface area contributed by atoms with Crippen molar-refractivity contribution in [3.05, 3.63) is 30.1 Å². The first-order chi connectivity index (χ1) is 8.20. The minimum absolute atomic E-state index is 0.278. The van der Waals surface area contributed by atoms with E-state index in [0.717, 1.165) is 25.8 Å². The molecule has 1 heterocycles. The summed E-state index contributed by atoms with van der Waals surface area (Å²) >= 11 is 0. The Hall–Kier alpha value is -1.42. The highest BCUT2D eigenvalue weighted by Crippen LogP contribution is 2.10. The number of pyridine rings is 1. The zero-order valence-corrected chi connectivity index (χ0v) is 10.2. The number of aliphatic carboxylic acids is 1. The fraction of sp³-hybridized carbons (Fsp3) is 0.538. The molecule has 0 aromatic carbocycles. The van der Waals surface area contributed by atoms with Crippen LogP contribution in [0.15, 0.2) is 24.5 Å². The molecule has 1 atom stereocenters. The molecule has 4 heteroatoms. The van der Waals surface area contributed by atoms with Gasteiger partial charge in [-0.2, -0.15) is 0 Å². The lowest BCUT2D eigenvalue weighted by molar-refractivity contribution is -0.137. The van der Waals surface area contributed by atoms with Crippen LogP contribution in [-0.4, -0.2) is 22.6 Å². The third-order valence-electron chi connectivity index (χ3n) is 2.72. The number of carboxylic acid groups (broad SMARTS) is 1. The van der Waals surface area contributed by atoms with Crippen molar-refractivity contribution in [2.75, 3.05) is 6.54 Å². The maximum atomic E-state index is 10.3. The van der Waals surface area contributed by atoms with E-state index in [1.54, 1.807) is 12.4 Å². The van der Waals surface area contributed by atoms with Gasteiger partial charge in [-0.25, -0.2) is 0 Å². The lowest BCUT2D eigenvalue weighted by atomic mass is 10.1. The van der Waals surface area contributed by atoms with E-state index >= 15 is 0 Å². The van der Waals surface area contributed by atoms with Crippen molar-refractivity contribution in [3.63, 3.8) is 0 Å². The van der Waals surface area contributed by atoms with Crippen LogP contribution in [0.5, 0.6) is 0 Å². The van der Waals surface area contributed by atoms with E-state index in [9.17, 15) is 4.79 Å². The Morgan fingerprint density at radius 2 is 2.06 bits per heavy atom. The number of hydrogen-bond acceptors (Lipinski definition) is 3. The quantitative estimate of drug-likeness (QED) is 0.680. The molecule has 0 saturated carbocycles. The van der Waals surface area contributed by atoms with Crippen molar-refractivity contribution in [1.29, 1.82) is 0 Å². The van der Waals surface area contributed by atoms with Crippen LogP contribution in [0.4, 0.5) is 0 Å². The lowest BCUT2D eigenvalue weighted by Gasteiger charge is -2.13. The maximum Gasteiger partial charge on any atom is 0.303 e. The molecular formula is C13H20N2O2. The largest absolute Gasteiger partial charge is 0.481 e. The van der Waals surface area contributed by atoms with Crippen LogP contribution in [0.3, 0.4) is 0 Å². The normalized spacial score (nSPS) is 12.3. The lowest BCUT2D eigenvalue weighted by Crippen LogP contribution is -2.19. The highest BCUT2D eigenvalue weighted by atomic mass is 16.4. The molecule has 0 fully saturated rings. The number of aromatic nitrogens is 1. The van der Waals surface area contributed by atoms with Crippen LogP contribution in [0.1, 0.15) is 44.2 Å². The third kappa shape index (κ3) is 6.02. The molecule has 0 radical (unpaired) electrons. The Balaban J connectivity index is 2.09. The Morgan fingerprint density at radius 3 is 2.71 bits per heavy atom. The molecule has 0 spiro atoms. The van der Waals surface area contributed by atoms with Crippen molar-refractivity contribution in [2.45, 2.75) is 38.6 Å². The average molecular weight is 236 g/mol.